The standard InChI is InChI=1S/C15H30N2O2/c1-4-17(12-13-8-9-13)11-7-6-10-15(3,16)14(18)19-5-2/h13H,4-12,16H2,1-3H3. The van der Waals surface area contributed by atoms with Gasteiger partial charge in [0.25, 0.3) is 0 Å². The van der Waals surface area contributed by atoms with Gasteiger partial charge in [0.1, 0.15) is 5.54 Å². The summed E-state index contributed by atoms with van der Waals surface area (Å²) in [6.45, 7) is 9.68. The highest BCUT2D eigenvalue weighted by Crippen LogP contribution is 2.29. The van der Waals surface area contributed by atoms with Crippen LogP contribution in [0, 0.1) is 5.92 Å². The van der Waals surface area contributed by atoms with Gasteiger partial charge in [0, 0.05) is 6.54 Å². The number of carbonyl (C=O) groups excluding carboxylic acids is 1. The van der Waals surface area contributed by atoms with Crippen LogP contribution in [0.25, 0.3) is 0 Å². The van der Waals surface area contributed by atoms with E-state index in [4.69, 9.17) is 10.5 Å². The topological polar surface area (TPSA) is 55.6 Å². The molecule has 0 aromatic rings. The second-order valence-corrected chi connectivity index (χ2v) is 5.93. The van der Waals surface area contributed by atoms with E-state index in [1.165, 1.54) is 19.4 Å². The first-order valence-corrected chi connectivity index (χ1v) is 7.68. The van der Waals surface area contributed by atoms with Crippen LogP contribution in [0.2, 0.25) is 0 Å². The van der Waals surface area contributed by atoms with E-state index in [1.54, 1.807) is 6.92 Å². The Labute approximate surface area is 117 Å². The Morgan fingerprint density at radius 1 is 1.37 bits per heavy atom. The highest BCUT2D eigenvalue weighted by Gasteiger charge is 2.29. The number of nitrogens with zero attached hydrogens (tertiary/aromatic N) is 1. The van der Waals surface area contributed by atoms with Gasteiger partial charge in [0.05, 0.1) is 6.61 Å². The molecule has 112 valence electrons. The van der Waals surface area contributed by atoms with Crippen LogP contribution in [-0.4, -0.2) is 42.6 Å². The molecule has 0 heterocycles. The number of carbonyl (C=O) groups is 1. The van der Waals surface area contributed by atoms with Crippen LogP contribution in [0.3, 0.4) is 0 Å². The van der Waals surface area contributed by atoms with Crippen molar-refractivity contribution in [3.8, 4) is 0 Å². The lowest BCUT2D eigenvalue weighted by atomic mass is 9.96. The van der Waals surface area contributed by atoms with E-state index in [-0.39, 0.29) is 5.97 Å². The molecule has 1 aliphatic rings. The van der Waals surface area contributed by atoms with Gasteiger partial charge in [-0.25, -0.2) is 0 Å². The lowest BCUT2D eigenvalue weighted by Crippen LogP contribution is -2.46. The van der Waals surface area contributed by atoms with E-state index in [1.807, 2.05) is 6.92 Å². The Morgan fingerprint density at radius 3 is 2.58 bits per heavy atom. The molecule has 1 unspecified atom stereocenters. The summed E-state index contributed by atoms with van der Waals surface area (Å²) in [5.74, 6) is 0.666. The predicted octanol–water partition coefficient (Wildman–Crippen LogP) is 2.17. The molecule has 0 saturated heterocycles. The van der Waals surface area contributed by atoms with E-state index in [9.17, 15) is 4.79 Å². The fourth-order valence-electron chi connectivity index (χ4n) is 2.27. The molecule has 1 rings (SSSR count). The summed E-state index contributed by atoms with van der Waals surface area (Å²) in [4.78, 5) is 14.2. The summed E-state index contributed by atoms with van der Waals surface area (Å²) in [6, 6.07) is 0. The molecule has 0 spiro atoms. The molecule has 0 bridgehead atoms. The maximum Gasteiger partial charge on any atom is 0.325 e. The predicted molar refractivity (Wildman–Crippen MR) is 77.9 cm³/mol. The lowest BCUT2D eigenvalue weighted by Gasteiger charge is -2.23. The molecule has 0 aromatic carbocycles. The minimum atomic E-state index is -0.830. The van der Waals surface area contributed by atoms with Crippen molar-refractivity contribution in [3.05, 3.63) is 0 Å². The van der Waals surface area contributed by atoms with Gasteiger partial charge in [-0.3, -0.25) is 4.79 Å². The minimum absolute atomic E-state index is 0.277. The van der Waals surface area contributed by atoms with E-state index < -0.39 is 5.54 Å². The highest BCUT2D eigenvalue weighted by molar-refractivity contribution is 5.79. The van der Waals surface area contributed by atoms with Crippen molar-refractivity contribution >= 4 is 5.97 Å². The van der Waals surface area contributed by atoms with Crippen LogP contribution < -0.4 is 5.73 Å². The first-order chi connectivity index (χ1) is 8.99. The summed E-state index contributed by atoms with van der Waals surface area (Å²) in [5, 5.41) is 0. The molecule has 0 aromatic heterocycles. The lowest BCUT2D eigenvalue weighted by molar-refractivity contribution is -0.149. The molecule has 1 atom stereocenters. The van der Waals surface area contributed by atoms with E-state index >= 15 is 0 Å². The number of hydrogen-bond donors (Lipinski definition) is 1. The molecule has 2 N–H and O–H groups in total. The Hall–Kier alpha value is -0.610. The van der Waals surface area contributed by atoms with E-state index in [0.29, 0.717) is 13.0 Å². The van der Waals surface area contributed by atoms with Gasteiger partial charge in [0.2, 0.25) is 0 Å². The van der Waals surface area contributed by atoms with Gasteiger partial charge in [-0.1, -0.05) is 6.92 Å². The maximum absolute atomic E-state index is 11.6. The van der Waals surface area contributed by atoms with Gasteiger partial charge in [-0.2, -0.15) is 0 Å². The molecule has 0 amide bonds. The Balaban J connectivity index is 2.15. The zero-order valence-corrected chi connectivity index (χ0v) is 12.8. The van der Waals surface area contributed by atoms with Crippen LogP contribution in [0.15, 0.2) is 0 Å². The monoisotopic (exact) mass is 270 g/mol. The first-order valence-electron chi connectivity index (χ1n) is 7.68. The minimum Gasteiger partial charge on any atom is -0.465 e. The number of hydrogen-bond acceptors (Lipinski definition) is 4. The number of ether oxygens (including phenoxy) is 1. The van der Waals surface area contributed by atoms with E-state index in [2.05, 4.69) is 11.8 Å². The molecule has 4 nitrogen and oxygen atoms in total. The van der Waals surface area contributed by atoms with Crippen molar-refractivity contribution in [1.82, 2.24) is 4.90 Å². The Morgan fingerprint density at radius 2 is 2.05 bits per heavy atom. The van der Waals surface area contributed by atoms with Crippen LogP contribution in [0.4, 0.5) is 0 Å². The molecule has 1 aliphatic carbocycles. The van der Waals surface area contributed by atoms with Gasteiger partial charge in [-0.05, 0) is 65.0 Å². The van der Waals surface area contributed by atoms with Gasteiger partial charge in [-0.15, -0.1) is 0 Å². The van der Waals surface area contributed by atoms with Crippen molar-refractivity contribution in [2.24, 2.45) is 11.7 Å². The summed E-state index contributed by atoms with van der Waals surface area (Å²) in [7, 11) is 0. The quantitative estimate of drug-likeness (QED) is 0.488. The van der Waals surface area contributed by atoms with Crippen molar-refractivity contribution in [2.45, 2.75) is 58.4 Å². The summed E-state index contributed by atoms with van der Waals surface area (Å²) in [6.07, 6.45) is 5.59. The third kappa shape index (κ3) is 6.39. The number of rotatable bonds is 10. The molecule has 0 aliphatic heterocycles. The molecule has 19 heavy (non-hydrogen) atoms. The second-order valence-electron chi connectivity index (χ2n) is 5.93. The summed E-state index contributed by atoms with van der Waals surface area (Å²) in [5.41, 5.74) is 5.17. The average molecular weight is 270 g/mol. The molecule has 4 heteroatoms. The van der Waals surface area contributed by atoms with Crippen LogP contribution in [-0.2, 0) is 9.53 Å². The van der Waals surface area contributed by atoms with Gasteiger partial charge < -0.3 is 15.4 Å². The van der Waals surface area contributed by atoms with Crippen molar-refractivity contribution in [1.29, 1.82) is 0 Å². The number of unbranched alkanes of at least 4 members (excludes halogenated alkanes) is 1. The third-order valence-corrected chi connectivity index (χ3v) is 3.82. The summed E-state index contributed by atoms with van der Waals surface area (Å²) >= 11 is 0. The third-order valence-electron chi connectivity index (χ3n) is 3.82. The fraction of sp³-hybridized carbons (Fsp3) is 0.933. The smallest absolute Gasteiger partial charge is 0.325 e. The Bertz CT molecular complexity index is 275. The average Bonchev–Trinajstić information content (AvgIpc) is 3.17. The number of nitrogens with two attached hydrogens (primary N) is 1. The van der Waals surface area contributed by atoms with Crippen molar-refractivity contribution in [3.63, 3.8) is 0 Å². The van der Waals surface area contributed by atoms with Gasteiger partial charge in [0.15, 0.2) is 0 Å². The Kier molecular flexibility index (Phi) is 6.80. The SMILES string of the molecule is CCOC(=O)C(C)(N)CCCCN(CC)CC1CC1. The maximum atomic E-state index is 11.6. The van der Waals surface area contributed by atoms with Crippen LogP contribution >= 0.6 is 0 Å². The highest BCUT2D eigenvalue weighted by atomic mass is 16.5. The molecular formula is C15H30N2O2. The fourth-order valence-corrected chi connectivity index (χ4v) is 2.27. The largest absolute Gasteiger partial charge is 0.465 e. The van der Waals surface area contributed by atoms with Crippen molar-refractivity contribution in [2.75, 3.05) is 26.2 Å². The molecular weight excluding hydrogens is 240 g/mol. The van der Waals surface area contributed by atoms with Gasteiger partial charge >= 0.3 is 5.97 Å². The first kappa shape index (κ1) is 16.4. The molecule has 0 radical (unpaired) electrons. The molecule has 1 saturated carbocycles. The van der Waals surface area contributed by atoms with Crippen LogP contribution in [0.5, 0.6) is 0 Å². The molecule has 1 fully saturated rings. The zero-order valence-electron chi connectivity index (χ0n) is 12.8. The summed E-state index contributed by atoms with van der Waals surface area (Å²) < 4.78 is 4.99. The number of esters is 1. The van der Waals surface area contributed by atoms with Crippen molar-refractivity contribution < 1.29 is 9.53 Å². The second kappa shape index (κ2) is 7.85. The van der Waals surface area contributed by atoms with Crippen LogP contribution in [0.1, 0.15) is 52.9 Å². The zero-order chi connectivity index (χ0) is 14.3. The normalized spacial score (nSPS) is 18.4. The van der Waals surface area contributed by atoms with E-state index in [0.717, 1.165) is 31.8 Å².